The number of nitrogens with one attached hydrogen (secondary N) is 2. The molecule has 1 aromatic rings. The maximum atomic E-state index is 12.4. The highest BCUT2D eigenvalue weighted by Crippen LogP contribution is 2.32. The quantitative estimate of drug-likeness (QED) is 0.786. The number of carbonyl (C=O) groups is 1. The van der Waals surface area contributed by atoms with Crippen molar-refractivity contribution < 1.29 is 4.79 Å². The molecular formula is C13H18N4O2. The van der Waals surface area contributed by atoms with Crippen LogP contribution in [0, 0.1) is 4.91 Å². The molecule has 0 spiro atoms. The van der Waals surface area contributed by atoms with Crippen LogP contribution in [0.4, 0.5) is 0 Å². The van der Waals surface area contributed by atoms with Crippen molar-refractivity contribution in [3.8, 4) is 0 Å². The number of aromatic nitrogens is 1. The minimum absolute atomic E-state index is 0.0283. The summed E-state index contributed by atoms with van der Waals surface area (Å²) in [4.78, 5) is 28.2. The molecular weight excluding hydrogens is 244 g/mol. The highest BCUT2D eigenvalue weighted by atomic mass is 16.3. The van der Waals surface area contributed by atoms with Gasteiger partial charge in [-0.1, -0.05) is 5.18 Å². The Morgan fingerprint density at radius 2 is 2.16 bits per heavy atom. The van der Waals surface area contributed by atoms with Crippen LogP contribution in [0.5, 0.6) is 0 Å². The second-order valence-electron chi connectivity index (χ2n) is 5.18. The summed E-state index contributed by atoms with van der Waals surface area (Å²) in [5.74, 6) is 0.0283. The highest BCUT2D eigenvalue weighted by Gasteiger charge is 2.27. The third-order valence-corrected chi connectivity index (χ3v) is 3.95. The van der Waals surface area contributed by atoms with Crippen LogP contribution < -0.4 is 5.32 Å². The van der Waals surface area contributed by atoms with E-state index in [9.17, 15) is 9.70 Å². The first kappa shape index (κ1) is 12.3. The zero-order chi connectivity index (χ0) is 13.2. The van der Waals surface area contributed by atoms with Crippen molar-refractivity contribution in [2.75, 3.05) is 26.2 Å². The molecule has 1 aromatic heterocycles. The van der Waals surface area contributed by atoms with Crippen molar-refractivity contribution in [2.24, 2.45) is 5.18 Å². The summed E-state index contributed by atoms with van der Waals surface area (Å²) in [6.07, 6.45) is 2.66. The molecule has 2 N–H and O–H groups in total. The first-order chi connectivity index (χ1) is 9.29. The SMILES string of the molecule is O=NC1CCCc2cc(C(=O)N3CCNCC3)[nH]c21. The number of nitroso groups, excluding NO2 is 1. The van der Waals surface area contributed by atoms with Gasteiger partial charge < -0.3 is 15.2 Å². The molecule has 3 rings (SSSR count). The van der Waals surface area contributed by atoms with Crippen molar-refractivity contribution in [3.63, 3.8) is 0 Å². The zero-order valence-corrected chi connectivity index (χ0v) is 10.8. The Labute approximate surface area is 111 Å². The van der Waals surface area contributed by atoms with Crippen molar-refractivity contribution in [1.29, 1.82) is 0 Å². The molecule has 19 heavy (non-hydrogen) atoms. The predicted molar refractivity (Wildman–Crippen MR) is 71.0 cm³/mol. The van der Waals surface area contributed by atoms with Gasteiger partial charge in [0.25, 0.3) is 5.91 Å². The first-order valence-electron chi connectivity index (χ1n) is 6.84. The lowest BCUT2D eigenvalue weighted by Gasteiger charge is -2.26. The maximum absolute atomic E-state index is 12.4. The number of nitrogens with zero attached hydrogens (tertiary/aromatic N) is 2. The molecule has 1 saturated heterocycles. The monoisotopic (exact) mass is 262 g/mol. The van der Waals surface area contributed by atoms with Gasteiger partial charge in [0.15, 0.2) is 0 Å². The molecule has 1 amide bonds. The van der Waals surface area contributed by atoms with Crippen LogP contribution in [0.1, 0.15) is 40.6 Å². The summed E-state index contributed by atoms with van der Waals surface area (Å²) in [5.41, 5.74) is 2.52. The van der Waals surface area contributed by atoms with Gasteiger partial charge in [-0.25, -0.2) is 0 Å². The van der Waals surface area contributed by atoms with Gasteiger partial charge in [0, 0.05) is 31.9 Å². The smallest absolute Gasteiger partial charge is 0.270 e. The van der Waals surface area contributed by atoms with E-state index in [1.54, 1.807) is 0 Å². The summed E-state index contributed by atoms with van der Waals surface area (Å²) in [6, 6.07) is 1.59. The largest absolute Gasteiger partial charge is 0.352 e. The zero-order valence-electron chi connectivity index (χ0n) is 10.8. The van der Waals surface area contributed by atoms with E-state index in [0.29, 0.717) is 5.69 Å². The molecule has 6 nitrogen and oxygen atoms in total. The third-order valence-electron chi connectivity index (χ3n) is 3.95. The molecule has 2 aliphatic rings. The van der Waals surface area contributed by atoms with E-state index < -0.39 is 0 Å². The predicted octanol–water partition coefficient (Wildman–Crippen LogP) is 1.20. The Morgan fingerprint density at radius 3 is 2.89 bits per heavy atom. The van der Waals surface area contributed by atoms with Gasteiger partial charge in [0.05, 0.1) is 0 Å². The molecule has 0 bridgehead atoms. The van der Waals surface area contributed by atoms with Crippen molar-refractivity contribution in [3.05, 3.63) is 27.9 Å². The summed E-state index contributed by atoms with van der Waals surface area (Å²) < 4.78 is 0. The number of carbonyl (C=O) groups excluding carboxylic acids is 1. The summed E-state index contributed by atoms with van der Waals surface area (Å²) >= 11 is 0. The van der Waals surface area contributed by atoms with Gasteiger partial charge in [-0.15, -0.1) is 0 Å². The number of H-pyrrole nitrogens is 1. The van der Waals surface area contributed by atoms with Crippen LogP contribution >= 0.6 is 0 Å². The first-order valence-corrected chi connectivity index (χ1v) is 6.84. The number of amides is 1. The van der Waals surface area contributed by atoms with E-state index in [1.807, 2.05) is 11.0 Å². The van der Waals surface area contributed by atoms with E-state index in [-0.39, 0.29) is 11.9 Å². The summed E-state index contributed by atoms with van der Waals surface area (Å²) in [5, 5.41) is 6.38. The maximum Gasteiger partial charge on any atom is 0.270 e. The van der Waals surface area contributed by atoms with Gasteiger partial charge in [-0.05, 0) is 30.9 Å². The summed E-state index contributed by atoms with van der Waals surface area (Å²) in [7, 11) is 0. The number of aryl methyl sites for hydroxylation is 1. The van der Waals surface area contributed by atoms with Crippen LogP contribution in [0.15, 0.2) is 11.2 Å². The topological polar surface area (TPSA) is 77.6 Å². The number of rotatable bonds is 2. The van der Waals surface area contributed by atoms with E-state index in [2.05, 4.69) is 15.5 Å². The molecule has 1 unspecified atom stereocenters. The highest BCUT2D eigenvalue weighted by molar-refractivity contribution is 5.93. The molecule has 0 aromatic carbocycles. The van der Waals surface area contributed by atoms with E-state index in [0.717, 1.165) is 56.7 Å². The average molecular weight is 262 g/mol. The molecule has 1 fully saturated rings. The van der Waals surface area contributed by atoms with Crippen LogP contribution in [0.2, 0.25) is 0 Å². The van der Waals surface area contributed by atoms with Crippen LogP contribution in [-0.2, 0) is 6.42 Å². The van der Waals surface area contributed by atoms with E-state index >= 15 is 0 Å². The fraction of sp³-hybridized carbons (Fsp3) is 0.615. The van der Waals surface area contributed by atoms with Gasteiger partial charge in [0.2, 0.25) is 0 Å². The third kappa shape index (κ3) is 2.28. The Bertz CT molecular complexity index is 491. The Kier molecular flexibility index (Phi) is 3.33. The molecule has 1 aliphatic carbocycles. The molecule has 0 saturated carbocycles. The second-order valence-corrected chi connectivity index (χ2v) is 5.18. The fourth-order valence-electron chi connectivity index (χ4n) is 2.91. The van der Waals surface area contributed by atoms with Gasteiger partial charge in [-0.3, -0.25) is 4.79 Å². The van der Waals surface area contributed by atoms with Gasteiger partial charge >= 0.3 is 0 Å². The molecule has 6 heteroatoms. The minimum Gasteiger partial charge on any atom is -0.352 e. The van der Waals surface area contributed by atoms with Crippen molar-refractivity contribution in [1.82, 2.24) is 15.2 Å². The summed E-state index contributed by atoms with van der Waals surface area (Å²) in [6.45, 7) is 3.14. The molecule has 1 atom stereocenters. The fourth-order valence-corrected chi connectivity index (χ4v) is 2.91. The van der Waals surface area contributed by atoms with E-state index in [1.165, 1.54) is 0 Å². The van der Waals surface area contributed by atoms with E-state index in [4.69, 9.17) is 0 Å². The molecule has 2 heterocycles. The lowest BCUT2D eigenvalue weighted by Crippen LogP contribution is -2.46. The van der Waals surface area contributed by atoms with Crippen LogP contribution in [0.3, 0.4) is 0 Å². The molecule has 1 aliphatic heterocycles. The number of fused-ring (bicyclic) bond motifs is 1. The lowest BCUT2D eigenvalue weighted by atomic mass is 9.94. The Hall–Kier alpha value is -1.69. The number of piperazine rings is 1. The molecule has 102 valence electrons. The Morgan fingerprint density at radius 1 is 1.37 bits per heavy atom. The van der Waals surface area contributed by atoms with Crippen molar-refractivity contribution in [2.45, 2.75) is 25.3 Å². The Balaban J connectivity index is 1.83. The lowest BCUT2D eigenvalue weighted by molar-refractivity contribution is 0.0730. The number of hydrogen-bond donors (Lipinski definition) is 2. The minimum atomic E-state index is -0.312. The normalized spacial score (nSPS) is 22.9. The van der Waals surface area contributed by atoms with Gasteiger partial charge in [-0.2, -0.15) is 4.91 Å². The molecule has 0 radical (unpaired) electrons. The van der Waals surface area contributed by atoms with Crippen LogP contribution in [-0.4, -0.2) is 42.0 Å². The van der Waals surface area contributed by atoms with Crippen molar-refractivity contribution >= 4 is 5.91 Å². The number of aromatic amines is 1. The van der Waals surface area contributed by atoms with Gasteiger partial charge in [0.1, 0.15) is 11.7 Å². The average Bonchev–Trinajstić information content (AvgIpc) is 2.91. The van der Waals surface area contributed by atoms with Crippen LogP contribution in [0.25, 0.3) is 0 Å². The second kappa shape index (κ2) is 5.13. The number of hydrogen-bond acceptors (Lipinski definition) is 4. The standard InChI is InChI=1S/C13H18N4O2/c18-13(17-6-4-14-5-7-17)11-8-9-2-1-3-10(16-19)12(9)15-11/h8,10,14-15H,1-7H2.